The summed E-state index contributed by atoms with van der Waals surface area (Å²) in [6.45, 7) is 0. The van der Waals surface area contributed by atoms with Crippen LogP contribution in [0.1, 0.15) is 0 Å². The zero-order chi connectivity index (χ0) is 26.6. The van der Waals surface area contributed by atoms with Crippen LogP contribution >= 0.6 is 85.8 Å². The Labute approximate surface area is 232 Å². The molecule has 0 radical (unpaired) electrons. The van der Waals surface area contributed by atoms with Gasteiger partial charge in [-0.05, 0) is 52.3 Å². The quantitative estimate of drug-likeness (QED) is 0.0701. The van der Waals surface area contributed by atoms with E-state index in [2.05, 4.69) is 15.0 Å². The summed E-state index contributed by atoms with van der Waals surface area (Å²) in [6, 6.07) is 11.5. The Morgan fingerprint density at radius 3 is 2.19 bits per heavy atom. The van der Waals surface area contributed by atoms with E-state index in [0.29, 0.717) is 20.3 Å². The zero-order valence-electron chi connectivity index (χ0n) is 17.1. The van der Waals surface area contributed by atoms with Crippen molar-refractivity contribution in [1.29, 1.82) is 0 Å². The molecule has 0 aliphatic carbocycles. The Morgan fingerprint density at radius 2 is 1.61 bits per heavy atom. The van der Waals surface area contributed by atoms with Crippen LogP contribution < -0.4 is 16.6 Å². The summed E-state index contributed by atoms with van der Waals surface area (Å²) < 4.78 is 12.5. The van der Waals surface area contributed by atoms with E-state index in [9.17, 15) is 24.3 Å². The van der Waals surface area contributed by atoms with Gasteiger partial charge >= 0.3 is 10.7 Å². The van der Waals surface area contributed by atoms with Crippen LogP contribution in [-0.2, 0) is 4.57 Å². The normalized spacial score (nSPS) is 10.9. The second-order valence-corrected chi connectivity index (χ2v) is 14.6. The predicted octanol–water partition coefficient (Wildman–Crippen LogP) is 6.82. The molecular weight excluding hydrogens is 639 g/mol. The topological polar surface area (TPSA) is 152 Å². The third kappa shape index (κ3) is 7.50. The molecule has 0 fully saturated rings. The molecule has 0 saturated heterocycles. The Morgan fingerprint density at radius 1 is 0.944 bits per heavy atom. The second kappa shape index (κ2) is 12.0. The molecule has 0 saturated carbocycles. The van der Waals surface area contributed by atoms with Crippen molar-refractivity contribution in [2.45, 2.75) is 0 Å². The molecule has 4 aromatic heterocycles. The van der Waals surface area contributed by atoms with Crippen LogP contribution in [-0.4, -0.2) is 24.9 Å². The summed E-state index contributed by atoms with van der Waals surface area (Å²) in [5.41, 5.74) is -0.400. The summed E-state index contributed by atoms with van der Waals surface area (Å²) in [4.78, 5) is 43.8. The van der Waals surface area contributed by atoms with E-state index in [0.717, 1.165) is 22.1 Å². The fraction of sp³-hybridized carbons (Fsp3) is 0. The number of aromatic nitrogens is 4. The molecule has 18 heteroatoms. The van der Waals surface area contributed by atoms with Gasteiger partial charge in [0, 0.05) is 5.30 Å². The number of hydrogen-bond donors (Lipinski definition) is 2. The highest BCUT2D eigenvalue weighted by molar-refractivity contribution is 8.13. The van der Waals surface area contributed by atoms with Crippen LogP contribution in [0.3, 0.4) is 0 Å². The first-order chi connectivity index (χ1) is 16.8. The Balaban J connectivity index is 0.000000153. The molecule has 0 aliphatic rings. The standard InChI is InChI=1S/C6HCl3N2S.C6H5Cl2OP.C6H3N3O4S/c7-3-1-2-4(12-3)5(8)11-6(9)10-2;7-10(8,9)6-4-2-1-3-5-6;10-5-4-2(7-6(11)8-5)1-3(14-4)9(12)13/h1H;1-5H;1H,(H2,7,8,10,11). The van der Waals surface area contributed by atoms with Crippen molar-refractivity contribution in [3.63, 3.8) is 0 Å². The first-order valence-corrected chi connectivity index (χ1v) is 15.4. The maximum Gasteiger partial charge on any atom is 0.326 e. The fourth-order valence-electron chi connectivity index (χ4n) is 2.48. The number of nitrogens with one attached hydrogen (secondary N) is 2. The molecule has 0 unspecified atom stereocenters. The van der Waals surface area contributed by atoms with E-state index < -0.39 is 22.0 Å². The molecule has 0 atom stereocenters. The van der Waals surface area contributed by atoms with Crippen LogP contribution in [0.4, 0.5) is 5.00 Å². The zero-order valence-corrected chi connectivity index (χ0v) is 23.4. The summed E-state index contributed by atoms with van der Waals surface area (Å²) in [7, 11) is 0. The molecule has 0 bridgehead atoms. The number of H-pyrrole nitrogens is 2. The highest BCUT2D eigenvalue weighted by Crippen LogP contribution is 2.54. The number of thiophene rings is 2. The third-order valence-corrected chi connectivity index (χ3v) is 8.88. The van der Waals surface area contributed by atoms with Gasteiger partial charge in [-0.3, -0.25) is 24.5 Å². The maximum atomic E-state index is 11.1. The van der Waals surface area contributed by atoms with Gasteiger partial charge in [-0.1, -0.05) is 52.7 Å². The largest absolute Gasteiger partial charge is 0.326 e. The summed E-state index contributed by atoms with van der Waals surface area (Å²) in [6.07, 6.45) is 0. The van der Waals surface area contributed by atoms with Crippen molar-refractivity contribution < 1.29 is 9.49 Å². The lowest BCUT2D eigenvalue weighted by Gasteiger charge is -1.98. The van der Waals surface area contributed by atoms with Crippen molar-refractivity contribution in [1.82, 2.24) is 19.9 Å². The Kier molecular flexibility index (Phi) is 9.53. The first-order valence-electron chi connectivity index (χ1n) is 9.08. The lowest BCUT2D eigenvalue weighted by atomic mass is 10.4. The van der Waals surface area contributed by atoms with E-state index in [1.807, 2.05) is 11.1 Å². The second-order valence-electron chi connectivity index (χ2n) is 6.34. The number of hydrogen-bond acceptors (Lipinski definition) is 9. The minimum Gasteiger partial charge on any atom is -0.306 e. The highest BCUT2D eigenvalue weighted by Gasteiger charge is 2.15. The Bertz CT molecular complexity index is 1720. The summed E-state index contributed by atoms with van der Waals surface area (Å²) in [5.74, 6) is -3.07. The molecule has 2 N–H and O–H groups in total. The molecule has 4 heterocycles. The predicted molar refractivity (Wildman–Crippen MR) is 148 cm³/mol. The van der Waals surface area contributed by atoms with Crippen molar-refractivity contribution >= 4 is 117 Å². The lowest BCUT2D eigenvalue weighted by molar-refractivity contribution is -0.380. The molecule has 0 amide bonds. The number of halogens is 5. The molecule has 188 valence electrons. The molecule has 0 aliphatic heterocycles. The lowest BCUT2D eigenvalue weighted by Crippen LogP contribution is -2.20. The van der Waals surface area contributed by atoms with Crippen LogP contribution in [0.25, 0.3) is 20.4 Å². The van der Waals surface area contributed by atoms with Crippen LogP contribution in [0.2, 0.25) is 14.8 Å². The van der Waals surface area contributed by atoms with Gasteiger partial charge in [0.2, 0.25) is 5.28 Å². The van der Waals surface area contributed by atoms with E-state index in [1.165, 1.54) is 11.3 Å². The van der Waals surface area contributed by atoms with Gasteiger partial charge in [-0.2, -0.15) is 0 Å². The smallest absolute Gasteiger partial charge is 0.306 e. The maximum absolute atomic E-state index is 11.1. The van der Waals surface area contributed by atoms with Gasteiger partial charge in [0.1, 0.15) is 4.70 Å². The van der Waals surface area contributed by atoms with E-state index in [1.54, 1.807) is 30.3 Å². The van der Waals surface area contributed by atoms with Crippen molar-refractivity contribution in [3.05, 3.63) is 88.2 Å². The molecule has 1 aromatic carbocycles. The number of nitrogens with zero attached hydrogens (tertiary/aromatic N) is 3. The molecule has 36 heavy (non-hydrogen) atoms. The van der Waals surface area contributed by atoms with Gasteiger partial charge in [-0.25, -0.2) is 14.8 Å². The molecule has 5 aromatic rings. The molecular formula is C18H9Cl5N5O5PS2. The van der Waals surface area contributed by atoms with Gasteiger partial charge in [0.05, 0.1) is 31.1 Å². The van der Waals surface area contributed by atoms with Crippen molar-refractivity contribution in [3.8, 4) is 0 Å². The van der Waals surface area contributed by atoms with E-state index in [-0.39, 0.29) is 20.5 Å². The average molecular weight is 648 g/mol. The SMILES string of the molecule is Clc1nc(Cl)c2sc(Cl)cc2n1.O=P(Cl)(Cl)c1ccccc1.O=c1[nH]c(=O)c2sc([N+](=O)[O-])cc2[nH]1. The first kappa shape index (κ1) is 28.5. The van der Waals surface area contributed by atoms with Gasteiger partial charge < -0.3 is 4.98 Å². The van der Waals surface area contributed by atoms with Crippen LogP contribution in [0, 0.1) is 10.1 Å². The number of nitro groups is 1. The summed E-state index contributed by atoms with van der Waals surface area (Å²) >= 11 is 30.0. The Hall–Kier alpha value is -2.02. The van der Waals surface area contributed by atoms with Gasteiger partial charge in [0.15, 0.2) is 5.15 Å². The molecule has 0 spiro atoms. The van der Waals surface area contributed by atoms with Crippen LogP contribution in [0.15, 0.2) is 52.1 Å². The van der Waals surface area contributed by atoms with E-state index in [4.69, 9.17) is 57.3 Å². The molecule has 10 nitrogen and oxygen atoms in total. The summed E-state index contributed by atoms with van der Waals surface area (Å²) in [5, 5.41) is 11.2. The van der Waals surface area contributed by atoms with Crippen molar-refractivity contribution in [2.24, 2.45) is 0 Å². The third-order valence-electron chi connectivity index (χ3n) is 3.91. The number of aromatic amines is 2. The minimum atomic E-state index is -3.07. The minimum absolute atomic E-state index is 0.141. The average Bonchev–Trinajstić information content (AvgIpc) is 3.38. The van der Waals surface area contributed by atoms with E-state index >= 15 is 0 Å². The van der Waals surface area contributed by atoms with Gasteiger partial charge in [0.25, 0.3) is 11.4 Å². The number of benzene rings is 1. The van der Waals surface area contributed by atoms with Crippen LogP contribution in [0.5, 0.6) is 0 Å². The highest BCUT2D eigenvalue weighted by atomic mass is 35.9. The number of fused-ring (bicyclic) bond motifs is 2. The monoisotopic (exact) mass is 645 g/mol. The fourth-order valence-corrected chi connectivity index (χ4v) is 6.05. The molecule has 5 rings (SSSR count). The number of rotatable bonds is 2. The van der Waals surface area contributed by atoms with Gasteiger partial charge in [-0.15, -0.1) is 11.3 Å². The van der Waals surface area contributed by atoms with Crippen molar-refractivity contribution in [2.75, 3.05) is 0 Å².